The largest absolute Gasteiger partial charge is 0.282 e. The Labute approximate surface area is 182 Å². The van der Waals surface area contributed by atoms with Crippen LogP contribution in [0.3, 0.4) is 0 Å². The molecule has 1 atom stereocenters. The topological polar surface area (TPSA) is 70.3 Å². The van der Waals surface area contributed by atoms with Crippen LogP contribution in [0, 0.1) is 0 Å². The van der Waals surface area contributed by atoms with E-state index in [0.717, 1.165) is 20.2 Å². The molecule has 0 aliphatic carbocycles. The van der Waals surface area contributed by atoms with Crippen molar-refractivity contribution in [2.75, 3.05) is 5.01 Å². The van der Waals surface area contributed by atoms with Gasteiger partial charge in [0.1, 0.15) is 0 Å². The van der Waals surface area contributed by atoms with Gasteiger partial charge in [-0.25, -0.2) is 4.98 Å². The van der Waals surface area contributed by atoms with Crippen molar-refractivity contribution in [2.24, 2.45) is 15.3 Å². The summed E-state index contributed by atoms with van der Waals surface area (Å²) in [7, 11) is 0. The monoisotopic (exact) mass is 517 g/mol. The second-order valence-corrected chi connectivity index (χ2v) is 8.59. The van der Waals surface area contributed by atoms with Crippen LogP contribution in [-0.4, -0.2) is 22.6 Å². The Morgan fingerprint density at radius 3 is 2.61 bits per heavy atom. The first-order valence-electron chi connectivity index (χ1n) is 8.29. The van der Waals surface area contributed by atoms with E-state index in [0.29, 0.717) is 16.5 Å². The number of carbonyl (C=O) groups excluding carboxylic acids is 1. The summed E-state index contributed by atoms with van der Waals surface area (Å²) in [5.41, 5.74) is 3.02. The summed E-state index contributed by atoms with van der Waals surface area (Å²) in [6.45, 7) is 1.77. The molecule has 2 aromatic carbocycles. The summed E-state index contributed by atoms with van der Waals surface area (Å²) in [5.74, 6) is -0.259. The Balaban J connectivity index is 1.55. The van der Waals surface area contributed by atoms with Crippen LogP contribution in [0.2, 0.25) is 0 Å². The second kappa shape index (κ2) is 8.02. The Hall–Kier alpha value is -2.23. The Morgan fingerprint density at radius 2 is 1.86 bits per heavy atom. The van der Waals surface area contributed by atoms with Crippen LogP contribution >= 0.6 is 43.2 Å². The van der Waals surface area contributed by atoms with Gasteiger partial charge in [0.15, 0.2) is 6.04 Å². The Bertz CT molecular complexity index is 1090. The van der Waals surface area contributed by atoms with Crippen molar-refractivity contribution < 1.29 is 4.79 Å². The molecule has 0 saturated heterocycles. The van der Waals surface area contributed by atoms with E-state index >= 15 is 0 Å². The average molecular weight is 519 g/mol. The number of halogens is 2. The molecule has 0 spiro atoms. The SMILES string of the molecule is CC1=NN(c2nc(-c3ccc(Br)cc3)cs2)C(=O)[C@H]1N=Nc1ccccc1Br. The van der Waals surface area contributed by atoms with E-state index in [2.05, 4.69) is 52.2 Å². The summed E-state index contributed by atoms with van der Waals surface area (Å²) >= 11 is 8.21. The number of rotatable bonds is 4. The van der Waals surface area contributed by atoms with Gasteiger partial charge < -0.3 is 0 Å². The third kappa shape index (κ3) is 3.82. The van der Waals surface area contributed by atoms with E-state index in [1.807, 2.05) is 53.9 Å². The molecular weight excluding hydrogens is 506 g/mol. The molecule has 2 heterocycles. The van der Waals surface area contributed by atoms with Gasteiger partial charge in [0.25, 0.3) is 5.91 Å². The van der Waals surface area contributed by atoms with Gasteiger partial charge in [-0.1, -0.05) is 40.2 Å². The Morgan fingerprint density at radius 1 is 1.11 bits per heavy atom. The minimum absolute atomic E-state index is 0.259. The maximum absolute atomic E-state index is 12.8. The van der Waals surface area contributed by atoms with Gasteiger partial charge in [0.05, 0.1) is 17.1 Å². The van der Waals surface area contributed by atoms with Gasteiger partial charge in [-0.2, -0.15) is 20.3 Å². The third-order valence-corrected chi connectivity index (χ3v) is 6.06. The quantitative estimate of drug-likeness (QED) is 0.385. The van der Waals surface area contributed by atoms with Gasteiger partial charge in [-0.3, -0.25) is 4.79 Å². The van der Waals surface area contributed by atoms with Crippen LogP contribution in [0.1, 0.15) is 6.92 Å². The van der Waals surface area contributed by atoms with E-state index in [1.54, 1.807) is 6.92 Å². The number of anilines is 1. The number of hydrogen-bond acceptors (Lipinski definition) is 6. The molecule has 0 N–H and O–H groups in total. The molecule has 9 heteroatoms. The summed E-state index contributed by atoms with van der Waals surface area (Å²) in [5, 5.41) is 16.5. The highest BCUT2D eigenvalue weighted by Crippen LogP contribution is 2.31. The zero-order valence-corrected chi connectivity index (χ0v) is 18.6. The van der Waals surface area contributed by atoms with Crippen molar-refractivity contribution in [2.45, 2.75) is 13.0 Å². The van der Waals surface area contributed by atoms with E-state index < -0.39 is 6.04 Å². The standard InChI is InChI=1S/C19H13Br2N5OS/c1-11-17(24-23-15-5-3-2-4-14(15)21)18(27)26(25-11)19-22-16(10-28-19)12-6-8-13(20)9-7-12/h2-10,17H,1H3/t17-/m0/s1. The molecule has 0 fully saturated rings. The molecule has 28 heavy (non-hydrogen) atoms. The second-order valence-electron chi connectivity index (χ2n) is 5.98. The van der Waals surface area contributed by atoms with Crippen LogP contribution in [0.25, 0.3) is 11.3 Å². The first kappa shape index (κ1) is 19.1. The van der Waals surface area contributed by atoms with Crippen molar-refractivity contribution in [1.29, 1.82) is 0 Å². The third-order valence-electron chi connectivity index (χ3n) is 4.04. The Kier molecular flexibility index (Phi) is 5.47. The van der Waals surface area contributed by atoms with Crippen molar-refractivity contribution in [3.8, 4) is 11.3 Å². The van der Waals surface area contributed by atoms with Gasteiger partial charge in [-0.05, 0) is 47.1 Å². The van der Waals surface area contributed by atoms with E-state index in [4.69, 9.17) is 0 Å². The van der Waals surface area contributed by atoms with Gasteiger partial charge in [0, 0.05) is 19.9 Å². The molecule has 0 unspecified atom stereocenters. The fourth-order valence-corrected chi connectivity index (χ4v) is 4.01. The van der Waals surface area contributed by atoms with Gasteiger partial charge in [-0.15, -0.1) is 11.3 Å². The number of azo groups is 1. The number of nitrogens with zero attached hydrogens (tertiary/aromatic N) is 5. The van der Waals surface area contributed by atoms with Crippen molar-refractivity contribution in [1.82, 2.24) is 4.98 Å². The molecule has 1 aromatic heterocycles. The minimum atomic E-state index is -0.743. The number of amides is 1. The molecule has 4 rings (SSSR count). The molecule has 140 valence electrons. The van der Waals surface area contributed by atoms with Crippen molar-refractivity contribution in [3.05, 3.63) is 62.9 Å². The summed E-state index contributed by atoms with van der Waals surface area (Å²) in [6, 6.07) is 14.6. The summed E-state index contributed by atoms with van der Waals surface area (Å²) in [6.07, 6.45) is 0. The average Bonchev–Trinajstić information content (AvgIpc) is 3.27. The molecule has 0 saturated carbocycles. The maximum atomic E-state index is 12.8. The van der Waals surface area contributed by atoms with Gasteiger partial charge in [0.2, 0.25) is 5.13 Å². The first-order chi connectivity index (χ1) is 13.5. The molecule has 3 aromatic rings. The number of thiazole rings is 1. The lowest BCUT2D eigenvalue weighted by atomic mass is 10.2. The van der Waals surface area contributed by atoms with Crippen molar-refractivity contribution in [3.63, 3.8) is 0 Å². The summed E-state index contributed by atoms with van der Waals surface area (Å²) in [4.78, 5) is 17.4. The molecule has 1 aliphatic heterocycles. The molecule has 6 nitrogen and oxygen atoms in total. The van der Waals surface area contributed by atoms with Crippen LogP contribution in [0.5, 0.6) is 0 Å². The van der Waals surface area contributed by atoms with Crippen LogP contribution in [-0.2, 0) is 4.79 Å². The minimum Gasteiger partial charge on any atom is -0.269 e. The van der Waals surface area contributed by atoms with Crippen LogP contribution in [0.4, 0.5) is 10.8 Å². The molecule has 1 amide bonds. The molecule has 0 radical (unpaired) electrons. The van der Waals surface area contributed by atoms with Gasteiger partial charge >= 0.3 is 0 Å². The fraction of sp³-hybridized carbons (Fsp3) is 0.105. The zero-order valence-electron chi connectivity index (χ0n) is 14.6. The number of aromatic nitrogens is 1. The van der Waals surface area contributed by atoms with E-state index in [1.165, 1.54) is 16.3 Å². The predicted molar refractivity (Wildman–Crippen MR) is 118 cm³/mol. The number of hydrazone groups is 1. The normalized spacial score (nSPS) is 16.8. The maximum Gasteiger partial charge on any atom is 0.282 e. The van der Waals surface area contributed by atoms with Crippen LogP contribution in [0.15, 0.2) is 78.2 Å². The van der Waals surface area contributed by atoms with E-state index in [9.17, 15) is 4.79 Å². The lowest BCUT2D eigenvalue weighted by Crippen LogP contribution is -2.29. The summed E-state index contributed by atoms with van der Waals surface area (Å²) < 4.78 is 1.81. The highest BCUT2D eigenvalue weighted by molar-refractivity contribution is 9.10. The van der Waals surface area contributed by atoms with Crippen LogP contribution < -0.4 is 5.01 Å². The predicted octanol–water partition coefficient (Wildman–Crippen LogP) is 6.21. The fourth-order valence-electron chi connectivity index (χ4n) is 2.59. The zero-order chi connectivity index (χ0) is 19.7. The lowest BCUT2D eigenvalue weighted by molar-refractivity contribution is -0.117. The molecule has 0 bridgehead atoms. The number of carbonyl (C=O) groups is 1. The van der Waals surface area contributed by atoms with Crippen molar-refractivity contribution >= 4 is 65.6 Å². The first-order valence-corrected chi connectivity index (χ1v) is 10.8. The molecular formula is C19H13Br2N5OS. The molecule has 1 aliphatic rings. The number of benzene rings is 2. The smallest absolute Gasteiger partial charge is 0.269 e. The highest BCUT2D eigenvalue weighted by Gasteiger charge is 2.36. The lowest BCUT2D eigenvalue weighted by Gasteiger charge is -2.08. The highest BCUT2D eigenvalue weighted by atomic mass is 79.9. The van der Waals surface area contributed by atoms with E-state index in [-0.39, 0.29) is 5.91 Å². The number of hydrogen-bond donors (Lipinski definition) is 0.